The van der Waals surface area contributed by atoms with Crippen molar-refractivity contribution in [3.05, 3.63) is 29.8 Å². The highest BCUT2D eigenvalue weighted by atomic mass is 16.5. The number of nitrogens with zero attached hydrogens (tertiary/aromatic N) is 3. The lowest BCUT2D eigenvalue weighted by atomic mass is 9.87. The first kappa shape index (κ1) is 28.5. The number of likely N-dealkylation sites (tertiary alicyclic amines) is 1. The lowest BCUT2D eigenvalue weighted by Crippen LogP contribution is -2.53. The minimum atomic E-state index is -0.771. The first-order valence-corrected chi connectivity index (χ1v) is 13.5. The monoisotopic (exact) mass is 530 g/mol. The topological polar surface area (TPSA) is 101 Å². The van der Waals surface area contributed by atoms with Gasteiger partial charge in [0.05, 0.1) is 13.2 Å². The normalized spacial score (nSPS) is 25.0. The lowest BCUT2D eigenvalue weighted by Gasteiger charge is -2.36. The van der Waals surface area contributed by atoms with Crippen LogP contribution in [0.3, 0.4) is 0 Å². The molecule has 0 aliphatic carbocycles. The van der Waals surface area contributed by atoms with E-state index >= 15 is 0 Å². The number of fused-ring (bicyclic) bond motifs is 1. The molecular weight excluding hydrogens is 488 g/mol. The minimum Gasteiger partial charge on any atom is -0.383 e. The third kappa shape index (κ3) is 6.54. The van der Waals surface area contributed by atoms with Crippen molar-refractivity contribution in [1.82, 2.24) is 15.1 Å². The van der Waals surface area contributed by atoms with Crippen LogP contribution < -0.4 is 10.2 Å². The number of methoxy groups -OCH3 is 2. The van der Waals surface area contributed by atoms with E-state index in [1.165, 1.54) is 0 Å². The van der Waals surface area contributed by atoms with E-state index in [1.54, 1.807) is 19.1 Å². The van der Waals surface area contributed by atoms with Gasteiger partial charge in [0, 0.05) is 58.2 Å². The molecule has 10 nitrogen and oxygen atoms in total. The maximum absolute atomic E-state index is 13.7. The number of ether oxygens (including phenoxy) is 3. The highest BCUT2D eigenvalue weighted by molar-refractivity contribution is 5.99. The molecule has 3 saturated heterocycles. The maximum Gasteiger partial charge on any atom is 0.251 e. The molecule has 0 saturated carbocycles. The molecule has 0 bridgehead atoms. The van der Waals surface area contributed by atoms with Crippen molar-refractivity contribution in [3.8, 4) is 0 Å². The summed E-state index contributed by atoms with van der Waals surface area (Å²) in [6.45, 7) is 11.8. The first-order valence-electron chi connectivity index (χ1n) is 13.5. The van der Waals surface area contributed by atoms with Crippen LogP contribution in [0.2, 0.25) is 0 Å². The third-order valence-electron chi connectivity index (χ3n) is 7.62. The number of piperazine rings is 1. The summed E-state index contributed by atoms with van der Waals surface area (Å²) in [6, 6.07) is 6.10. The zero-order chi connectivity index (χ0) is 27.4. The number of carbonyl (C=O) groups excluding carboxylic acids is 3. The zero-order valence-corrected chi connectivity index (χ0v) is 23.3. The number of amides is 2. The van der Waals surface area contributed by atoms with Crippen LogP contribution in [0.25, 0.3) is 0 Å². The highest BCUT2D eigenvalue weighted by Crippen LogP contribution is 2.31. The summed E-state index contributed by atoms with van der Waals surface area (Å²) >= 11 is 0. The van der Waals surface area contributed by atoms with Gasteiger partial charge in [-0.2, -0.15) is 0 Å². The van der Waals surface area contributed by atoms with Crippen molar-refractivity contribution in [2.24, 2.45) is 5.41 Å². The van der Waals surface area contributed by atoms with Crippen LogP contribution in [0.15, 0.2) is 24.3 Å². The molecule has 3 fully saturated rings. The Bertz CT molecular complexity index is 986. The van der Waals surface area contributed by atoms with Crippen LogP contribution in [0, 0.1) is 5.41 Å². The minimum absolute atomic E-state index is 0.0240. The number of anilines is 1. The fourth-order valence-electron chi connectivity index (χ4n) is 5.57. The van der Waals surface area contributed by atoms with E-state index in [9.17, 15) is 14.4 Å². The molecule has 10 heteroatoms. The maximum atomic E-state index is 13.7. The van der Waals surface area contributed by atoms with Gasteiger partial charge < -0.3 is 29.3 Å². The van der Waals surface area contributed by atoms with Crippen LogP contribution in [0.1, 0.15) is 37.6 Å². The number of nitrogens with one attached hydrogen (secondary N) is 1. The second-order valence-electron chi connectivity index (χ2n) is 11.6. The molecular formula is C28H42N4O6. The number of hydrogen-bond donors (Lipinski definition) is 1. The van der Waals surface area contributed by atoms with Crippen LogP contribution in [-0.2, 0) is 23.8 Å². The molecule has 3 aliphatic rings. The van der Waals surface area contributed by atoms with Crippen molar-refractivity contribution < 1.29 is 28.6 Å². The number of ketones is 1. The van der Waals surface area contributed by atoms with Crippen molar-refractivity contribution in [1.29, 1.82) is 0 Å². The fraction of sp³-hybridized carbons (Fsp3) is 0.679. The summed E-state index contributed by atoms with van der Waals surface area (Å²) in [6.07, 6.45) is -0.392. The van der Waals surface area contributed by atoms with E-state index in [0.717, 1.165) is 45.0 Å². The highest BCUT2D eigenvalue weighted by Gasteiger charge is 2.53. The molecule has 2 amide bonds. The quantitative estimate of drug-likeness (QED) is 0.508. The molecule has 0 spiro atoms. The van der Waals surface area contributed by atoms with Crippen molar-refractivity contribution in [3.63, 3.8) is 0 Å². The van der Waals surface area contributed by atoms with E-state index in [1.807, 2.05) is 45.0 Å². The van der Waals surface area contributed by atoms with Crippen LogP contribution >= 0.6 is 0 Å². The number of hydrogen-bond acceptors (Lipinski definition) is 8. The summed E-state index contributed by atoms with van der Waals surface area (Å²) in [7, 11) is 3.28. The van der Waals surface area contributed by atoms with Gasteiger partial charge in [0.25, 0.3) is 5.91 Å². The Morgan fingerprint density at radius 3 is 2.39 bits per heavy atom. The molecule has 0 unspecified atom stereocenters. The molecule has 1 aromatic carbocycles. The van der Waals surface area contributed by atoms with Gasteiger partial charge in [-0.25, -0.2) is 0 Å². The van der Waals surface area contributed by atoms with Gasteiger partial charge in [-0.3, -0.25) is 19.3 Å². The second kappa shape index (κ2) is 12.1. The molecule has 1 N–H and O–H groups in total. The van der Waals surface area contributed by atoms with Crippen molar-refractivity contribution >= 4 is 23.3 Å². The summed E-state index contributed by atoms with van der Waals surface area (Å²) < 4.78 is 16.3. The molecule has 0 aromatic heterocycles. The first-order chi connectivity index (χ1) is 18.1. The summed E-state index contributed by atoms with van der Waals surface area (Å²) in [5.41, 5.74) is 1.34. The number of benzene rings is 1. The molecule has 1 aromatic rings. The summed E-state index contributed by atoms with van der Waals surface area (Å²) in [4.78, 5) is 45.8. The van der Waals surface area contributed by atoms with E-state index < -0.39 is 18.2 Å². The molecule has 3 heterocycles. The van der Waals surface area contributed by atoms with Crippen LogP contribution in [0.5, 0.6) is 0 Å². The Kier molecular flexibility index (Phi) is 9.07. The molecule has 3 aliphatic heterocycles. The molecule has 0 radical (unpaired) electrons. The summed E-state index contributed by atoms with van der Waals surface area (Å²) in [5.74, 6) is -0.708. The van der Waals surface area contributed by atoms with Gasteiger partial charge in [-0.05, 0) is 36.1 Å². The van der Waals surface area contributed by atoms with Gasteiger partial charge in [-0.1, -0.05) is 20.8 Å². The van der Waals surface area contributed by atoms with Crippen LogP contribution in [-0.4, -0.2) is 118 Å². The van der Waals surface area contributed by atoms with Gasteiger partial charge in [0.2, 0.25) is 5.91 Å². The van der Waals surface area contributed by atoms with Gasteiger partial charge in [0.1, 0.15) is 30.9 Å². The molecule has 38 heavy (non-hydrogen) atoms. The van der Waals surface area contributed by atoms with E-state index in [2.05, 4.69) is 15.1 Å². The largest absolute Gasteiger partial charge is 0.383 e. The van der Waals surface area contributed by atoms with Gasteiger partial charge >= 0.3 is 0 Å². The van der Waals surface area contributed by atoms with Crippen molar-refractivity contribution in [2.45, 2.75) is 51.5 Å². The van der Waals surface area contributed by atoms with E-state index in [4.69, 9.17) is 14.2 Å². The Balaban J connectivity index is 1.42. The Morgan fingerprint density at radius 1 is 1.11 bits per heavy atom. The zero-order valence-electron chi connectivity index (χ0n) is 23.3. The number of rotatable bonds is 9. The van der Waals surface area contributed by atoms with E-state index in [0.29, 0.717) is 12.0 Å². The third-order valence-corrected chi connectivity index (χ3v) is 7.62. The second-order valence-corrected chi connectivity index (χ2v) is 11.6. The number of carbonyl (C=O) groups is 3. The lowest BCUT2D eigenvalue weighted by molar-refractivity contribution is -0.138. The fourth-order valence-corrected chi connectivity index (χ4v) is 5.57. The Labute approximate surface area is 225 Å². The van der Waals surface area contributed by atoms with Gasteiger partial charge in [0.15, 0.2) is 5.78 Å². The average Bonchev–Trinajstić information content (AvgIpc) is 3.46. The average molecular weight is 531 g/mol. The SMILES string of the molecule is COCCN1CCN(c2ccc(C(=O)N[C@@H](CC(C)(C)C)C(=O)N3C[C@@H](OC)[C@H]4OCC(=O)[C@H]43)cc2)CC1. The standard InChI is InChI=1S/C28H42N4O6/c1-28(2,3)16-21(27(35)32-17-23(37-5)25-24(32)22(33)18-38-25)29-26(34)19-6-8-20(9-7-19)31-12-10-30(11-13-31)14-15-36-4/h6-9,21,23-25H,10-18H2,1-5H3,(H,29,34)/t21-,23+,24+,25+/m0/s1. The number of Topliss-reactive ketones (excluding diaryl/α,β-unsaturated/α-hetero) is 1. The summed E-state index contributed by atoms with van der Waals surface area (Å²) in [5, 5.41) is 2.96. The smallest absolute Gasteiger partial charge is 0.251 e. The molecule has 4 rings (SSSR count). The van der Waals surface area contributed by atoms with Crippen molar-refractivity contribution in [2.75, 3.05) is 71.6 Å². The predicted molar refractivity (Wildman–Crippen MR) is 143 cm³/mol. The predicted octanol–water partition coefficient (Wildman–Crippen LogP) is 1.18. The Morgan fingerprint density at radius 2 is 1.79 bits per heavy atom. The molecule has 4 atom stereocenters. The Hall–Kier alpha value is -2.53. The van der Waals surface area contributed by atoms with Crippen LogP contribution in [0.4, 0.5) is 5.69 Å². The van der Waals surface area contributed by atoms with E-state index in [-0.39, 0.29) is 42.3 Å². The van der Waals surface area contributed by atoms with Gasteiger partial charge in [-0.15, -0.1) is 0 Å². The molecule has 210 valence electrons.